The van der Waals surface area contributed by atoms with Crippen LogP contribution in [0.1, 0.15) is 0 Å². The van der Waals surface area contributed by atoms with Crippen molar-refractivity contribution < 1.29 is 4.42 Å². The van der Waals surface area contributed by atoms with E-state index in [1.54, 1.807) is 0 Å². The van der Waals surface area contributed by atoms with Crippen LogP contribution in [0.2, 0.25) is 0 Å². The van der Waals surface area contributed by atoms with Gasteiger partial charge in [0.1, 0.15) is 89.6 Å². The molecule has 0 saturated heterocycles. The highest BCUT2D eigenvalue weighted by molar-refractivity contribution is 6.70. The Morgan fingerprint density at radius 2 is 0.833 bits per heavy atom. The van der Waals surface area contributed by atoms with Gasteiger partial charge in [-0.1, -0.05) is 107 Å². The molecular weight excluding hydrogens is 793 g/mol. The SMILES string of the molecule is [B]c1c([B])c([B])c(-c2nc(-c3c([B])c([B])c([B])c([B])c3[B])nc(-c3cccc4oc5ccc(-c6ccc7c(c6)c6ccccc6n7-c6ccc(-c7ccccc7)cc6)cc5c34)n2)c([B])c1[B]. The molecule has 0 aliphatic rings. The minimum Gasteiger partial charge on any atom is -0.456 e. The molecule has 3 heterocycles. The van der Waals surface area contributed by atoms with Gasteiger partial charge in [0.05, 0.1) is 11.0 Å². The first kappa shape index (κ1) is 41.7. The molecule has 0 unspecified atom stereocenters. The standard InChI is InChI=1S/C51H22B10N4O/c52-39-37(40(53)44(57)47(60)43(39)56)50-62-49(63-51(64-50)38-41(54)45(58)48(61)46(59)42(38)55)29-10-6-12-35-36(29)31-22-26(16-20-34(31)66-35)25-15-19-33-30(21-25)28-9-4-5-11-32(28)65(33)27-17-13-24(14-18-27)23-7-2-1-3-8-23/h1-22H. The molecule has 0 spiro atoms. The zero-order valence-electron chi connectivity index (χ0n) is 35.2. The lowest BCUT2D eigenvalue weighted by molar-refractivity contribution is 0.669. The summed E-state index contributed by atoms with van der Waals surface area (Å²) in [6.07, 6.45) is 0. The Morgan fingerprint density at radius 3 is 1.45 bits per heavy atom. The summed E-state index contributed by atoms with van der Waals surface area (Å²) < 4.78 is 8.78. The van der Waals surface area contributed by atoms with Crippen LogP contribution in [0.5, 0.6) is 0 Å². The molecule has 0 N–H and O–H groups in total. The maximum atomic E-state index is 6.57. The van der Waals surface area contributed by atoms with Crippen molar-refractivity contribution in [2.24, 2.45) is 0 Å². The van der Waals surface area contributed by atoms with Crippen molar-refractivity contribution in [2.45, 2.75) is 0 Å². The Morgan fingerprint density at radius 1 is 0.348 bits per heavy atom. The van der Waals surface area contributed by atoms with E-state index in [1.807, 2.05) is 30.3 Å². The van der Waals surface area contributed by atoms with Crippen LogP contribution >= 0.6 is 0 Å². The molecule has 5 nitrogen and oxygen atoms in total. The molecule has 0 aliphatic carbocycles. The number of aromatic nitrogens is 4. The number of hydrogen-bond donors (Lipinski definition) is 0. The molecule has 8 aromatic carbocycles. The summed E-state index contributed by atoms with van der Waals surface area (Å²) in [6, 6.07) is 45.8. The van der Waals surface area contributed by atoms with E-state index in [1.165, 1.54) is 5.56 Å². The van der Waals surface area contributed by atoms with Gasteiger partial charge in [-0.3, -0.25) is 0 Å². The highest BCUT2D eigenvalue weighted by Gasteiger charge is 2.23. The molecule has 11 rings (SSSR count). The van der Waals surface area contributed by atoms with E-state index >= 15 is 0 Å². The van der Waals surface area contributed by atoms with E-state index in [0.29, 0.717) is 16.7 Å². The first-order chi connectivity index (χ1) is 31.9. The van der Waals surface area contributed by atoms with Crippen molar-refractivity contribution in [2.75, 3.05) is 0 Å². The number of para-hydroxylation sites is 1. The molecule has 0 aliphatic heterocycles. The monoisotopic (exact) mass is 816 g/mol. The van der Waals surface area contributed by atoms with Crippen LogP contribution in [-0.4, -0.2) is 98.0 Å². The van der Waals surface area contributed by atoms with Crippen LogP contribution in [0.3, 0.4) is 0 Å². The fraction of sp³-hybridized carbons (Fsp3) is 0. The number of furan rings is 1. The zero-order valence-corrected chi connectivity index (χ0v) is 35.2. The third-order valence-corrected chi connectivity index (χ3v) is 12.5. The second kappa shape index (κ2) is 15.9. The Kier molecular flexibility index (Phi) is 10.0. The third-order valence-electron chi connectivity index (χ3n) is 12.5. The zero-order chi connectivity index (χ0) is 45.7. The summed E-state index contributed by atoms with van der Waals surface area (Å²) in [6.45, 7) is 0. The van der Waals surface area contributed by atoms with Gasteiger partial charge in [-0.05, 0) is 70.8 Å². The lowest BCUT2D eigenvalue weighted by atomic mass is 9.60. The van der Waals surface area contributed by atoms with Gasteiger partial charge >= 0.3 is 0 Å². The van der Waals surface area contributed by atoms with Crippen LogP contribution in [0.4, 0.5) is 0 Å². The molecule has 11 aromatic rings. The molecule has 66 heavy (non-hydrogen) atoms. The molecule has 3 aromatic heterocycles. The van der Waals surface area contributed by atoms with E-state index in [-0.39, 0.29) is 83.2 Å². The minimum absolute atomic E-state index is 0.00117. The summed E-state index contributed by atoms with van der Waals surface area (Å²) in [5, 5.41) is 3.78. The van der Waals surface area contributed by atoms with Crippen LogP contribution < -0.4 is 54.6 Å². The van der Waals surface area contributed by atoms with E-state index in [2.05, 4.69) is 108 Å². The van der Waals surface area contributed by atoms with Crippen LogP contribution in [0, 0.1) is 0 Å². The summed E-state index contributed by atoms with van der Waals surface area (Å²) in [7, 11) is 63.9. The first-order valence-electron chi connectivity index (χ1n) is 20.8. The smallest absolute Gasteiger partial charge is 0.164 e. The maximum absolute atomic E-state index is 6.57. The van der Waals surface area contributed by atoms with Gasteiger partial charge in [-0.2, -0.15) is 0 Å². The highest BCUT2D eigenvalue weighted by atomic mass is 16.3. The predicted octanol–water partition coefficient (Wildman–Crippen LogP) is 1.14. The molecule has 0 fully saturated rings. The lowest BCUT2D eigenvalue weighted by Gasteiger charge is -2.22. The van der Waals surface area contributed by atoms with E-state index < -0.39 is 0 Å². The molecule has 0 atom stereocenters. The minimum atomic E-state index is 0.00117. The number of fused-ring (bicyclic) bond motifs is 6. The number of hydrogen-bond acceptors (Lipinski definition) is 4. The van der Waals surface area contributed by atoms with Crippen LogP contribution in [-0.2, 0) is 0 Å². The van der Waals surface area contributed by atoms with Crippen LogP contribution in [0.15, 0.2) is 138 Å². The first-order valence-corrected chi connectivity index (χ1v) is 20.8. The molecule has 0 saturated carbocycles. The summed E-state index contributed by atoms with van der Waals surface area (Å²) in [5.41, 5.74) is 9.77. The second-order valence-corrected chi connectivity index (χ2v) is 16.2. The van der Waals surface area contributed by atoms with Crippen molar-refractivity contribution in [3.8, 4) is 62.1 Å². The summed E-state index contributed by atoms with van der Waals surface area (Å²) in [5.74, 6) is 0.183. The fourth-order valence-corrected chi connectivity index (χ4v) is 8.96. The van der Waals surface area contributed by atoms with Gasteiger partial charge < -0.3 is 8.98 Å². The lowest BCUT2D eigenvalue weighted by Crippen LogP contribution is -2.55. The molecule has 0 bridgehead atoms. The van der Waals surface area contributed by atoms with Gasteiger partial charge in [-0.15, -0.1) is 32.8 Å². The highest BCUT2D eigenvalue weighted by Crippen LogP contribution is 2.40. The van der Waals surface area contributed by atoms with E-state index in [0.717, 1.165) is 55.0 Å². The molecule has 282 valence electrons. The Bertz CT molecular complexity index is 3690. The molecule has 0 amide bonds. The third kappa shape index (κ3) is 6.49. The largest absolute Gasteiger partial charge is 0.456 e. The topological polar surface area (TPSA) is 56.7 Å². The number of rotatable bonds is 6. The Labute approximate surface area is 394 Å². The van der Waals surface area contributed by atoms with Crippen LogP contribution in [0.25, 0.3) is 106 Å². The van der Waals surface area contributed by atoms with E-state index in [4.69, 9.17) is 97.8 Å². The van der Waals surface area contributed by atoms with Crippen molar-refractivity contribution >= 4 is 177 Å². The van der Waals surface area contributed by atoms with Gasteiger partial charge in [0.25, 0.3) is 0 Å². The maximum Gasteiger partial charge on any atom is 0.164 e. The Balaban J connectivity index is 1.09. The van der Waals surface area contributed by atoms with Crippen molar-refractivity contribution in [3.63, 3.8) is 0 Å². The molecule has 20 radical (unpaired) electrons. The number of nitrogens with zero attached hydrogens (tertiary/aromatic N) is 4. The van der Waals surface area contributed by atoms with Crippen molar-refractivity contribution in [1.82, 2.24) is 19.5 Å². The molecular formula is C51H22B10N4O. The van der Waals surface area contributed by atoms with Gasteiger partial charge in [0.15, 0.2) is 17.5 Å². The summed E-state index contributed by atoms with van der Waals surface area (Å²) >= 11 is 0. The fourth-order valence-electron chi connectivity index (χ4n) is 8.96. The second-order valence-electron chi connectivity index (χ2n) is 16.2. The average molecular weight is 815 g/mol. The normalized spacial score (nSPS) is 11.6. The number of benzene rings is 8. The van der Waals surface area contributed by atoms with Crippen molar-refractivity contribution in [1.29, 1.82) is 0 Å². The Hall–Kier alpha value is -6.98. The van der Waals surface area contributed by atoms with Gasteiger partial charge in [0.2, 0.25) is 0 Å². The van der Waals surface area contributed by atoms with Gasteiger partial charge in [0, 0.05) is 43.9 Å². The predicted molar refractivity (Wildman–Crippen MR) is 283 cm³/mol. The molecule has 15 heteroatoms. The quantitative estimate of drug-likeness (QED) is 0.237. The van der Waals surface area contributed by atoms with Gasteiger partial charge in [-0.25, -0.2) is 15.0 Å². The van der Waals surface area contributed by atoms with Crippen molar-refractivity contribution in [3.05, 3.63) is 133 Å². The average Bonchev–Trinajstić information content (AvgIpc) is 3.89. The van der Waals surface area contributed by atoms with E-state index in [9.17, 15) is 0 Å². The summed E-state index contributed by atoms with van der Waals surface area (Å²) in [4.78, 5) is 14.6.